The molecular weight excluding hydrogens is 182 g/mol. The first-order valence-corrected chi connectivity index (χ1v) is 6.92. The van der Waals surface area contributed by atoms with Crippen LogP contribution in [0, 0.1) is 23.2 Å². The highest BCUT2D eigenvalue weighted by molar-refractivity contribution is 5.15. The molecule has 4 atom stereocenters. The zero-order chi connectivity index (χ0) is 10.7. The highest BCUT2D eigenvalue weighted by Crippen LogP contribution is 2.65. The van der Waals surface area contributed by atoms with Crippen molar-refractivity contribution in [1.82, 2.24) is 0 Å². The molecule has 15 heavy (non-hydrogen) atoms. The smallest absolute Gasteiger partial charge is 0.0219 e. The Hall–Kier alpha value is -0.0400. The molecule has 4 aliphatic rings. The third kappa shape index (κ3) is 1.08. The van der Waals surface area contributed by atoms with Crippen LogP contribution in [0.25, 0.3) is 0 Å². The van der Waals surface area contributed by atoms with Gasteiger partial charge >= 0.3 is 0 Å². The molecule has 0 spiro atoms. The lowest BCUT2D eigenvalue weighted by Crippen LogP contribution is -2.68. The van der Waals surface area contributed by atoms with Crippen molar-refractivity contribution in [3.8, 4) is 0 Å². The Bertz CT molecular complexity index is 253. The summed E-state index contributed by atoms with van der Waals surface area (Å²) in [6.07, 6.45) is 9.78. The van der Waals surface area contributed by atoms with Crippen molar-refractivity contribution in [3.05, 3.63) is 0 Å². The molecule has 2 unspecified atom stereocenters. The first-order valence-electron chi connectivity index (χ1n) is 6.92. The van der Waals surface area contributed by atoms with Gasteiger partial charge in [0.1, 0.15) is 0 Å². The lowest BCUT2D eigenvalue weighted by Gasteiger charge is -2.66. The molecule has 4 aliphatic carbocycles. The molecule has 4 saturated carbocycles. The highest BCUT2D eigenvalue weighted by atomic mass is 14.9. The Kier molecular flexibility index (Phi) is 2.03. The van der Waals surface area contributed by atoms with Crippen LogP contribution in [0.2, 0.25) is 0 Å². The molecule has 0 aromatic carbocycles. The molecule has 0 aromatic rings. The number of rotatable bonds is 2. The van der Waals surface area contributed by atoms with Crippen molar-refractivity contribution in [1.29, 1.82) is 0 Å². The molecule has 4 bridgehead atoms. The molecule has 4 fully saturated rings. The van der Waals surface area contributed by atoms with E-state index in [0.717, 1.165) is 17.8 Å². The van der Waals surface area contributed by atoms with E-state index in [-0.39, 0.29) is 5.54 Å². The topological polar surface area (TPSA) is 26.0 Å². The third-order valence-corrected chi connectivity index (χ3v) is 6.24. The zero-order valence-electron chi connectivity index (χ0n) is 10.3. The monoisotopic (exact) mass is 207 g/mol. The standard InChI is InChI=1S/C14H25N/c1-3-13(4-2)12-6-10-5-11(7-12)9-14(13,15)8-10/h10-12H,3-9,15H2,1-2H3/t10-,11+,12?,14?. The minimum Gasteiger partial charge on any atom is -0.325 e. The van der Waals surface area contributed by atoms with Crippen molar-refractivity contribution in [2.24, 2.45) is 28.9 Å². The largest absolute Gasteiger partial charge is 0.325 e. The summed E-state index contributed by atoms with van der Waals surface area (Å²) in [5, 5.41) is 0. The molecule has 0 aliphatic heterocycles. The zero-order valence-corrected chi connectivity index (χ0v) is 10.3. The van der Waals surface area contributed by atoms with Crippen LogP contribution in [0.1, 0.15) is 58.8 Å². The molecule has 4 rings (SSSR count). The Labute approximate surface area is 93.8 Å². The number of nitrogens with two attached hydrogens (primary N) is 1. The molecule has 0 saturated heterocycles. The van der Waals surface area contributed by atoms with Gasteiger partial charge in [-0.2, -0.15) is 0 Å². The van der Waals surface area contributed by atoms with Gasteiger partial charge in [-0.25, -0.2) is 0 Å². The third-order valence-electron chi connectivity index (χ3n) is 6.24. The molecule has 0 heterocycles. The first-order chi connectivity index (χ1) is 7.13. The summed E-state index contributed by atoms with van der Waals surface area (Å²) in [5.74, 6) is 2.93. The van der Waals surface area contributed by atoms with Crippen molar-refractivity contribution in [3.63, 3.8) is 0 Å². The highest BCUT2D eigenvalue weighted by Gasteiger charge is 2.61. The summed E-state index contributed by atoms with van der Waals surface area (Å²) in [7, 11) is 0. The van der Waals surface area contributed by atoms with E-state index in [9.17, 15) is 0 Å². The fourth-order valence-electron chi connectivity index (χ4n) is 5.81. The molecule has 1 nitrogen and oxygen atoms in total. The van der Waals surface area contributed by atoms with E-state index < -0.39 is 0 Å². The lowest BCUT2D eigenvalue weighted by molar-refractivity contribution is -0.130. The van der Waals surface area contributed by atoms with Crippen LogP contribution in [-0.4, -0.2) is 5.54 Å². The minimum absolute atomic E-state index is 0.214. The van der Waals surface area contributed by atoms with E-state index in [1.54, 1.807) is 0 Å². The summed E-state index contributed by atoms with van der Waals surface area (Å²) in [5.41, 5.74) is 7.54. The summed E-state index contributed by atoms with van der Waals surface area (Å²) in [6.45, 7) is 4.75. The van der Waals surface area contributed by atoms with Gasteiger partial charge in [0.2, 0.25) is 0 Å². The van der Waals surface area contributed by atoms with Crippen LogP contribution in [0.5, 0.6) is 0 Å². The average molecular weight is 207 g/mol. The first kappa shape index (κ1) is 10.1. The Morgan fingerprint density at radius 3 is 1.93 bits per heavy atom. The van der Waals surface area contributed by atoms with Gasteiger partial charge in [0.05, 0.1) is 0 Å². The Morgan fingerprint density at radius 2 is 1.53 bits per heavy atom. The van der Waals surface area contributed by atoms with E-state index in [4.69, 9.17) is 5.73 Å². The minimum atomic E-state index is 0.214. The van der Waals surface area contributed by atoms with Crippen LogP contribution in [-0.2, 0) is 0 Å². The SMILES string of the molecule is CCC1(CC)C2C[C@@H]3C[C@H](C2)CC1(N)C3. The average Bonchev–Trinajstić information content (AvgIpc) is 2.16. The van der Waals surface area contributed by atoms with E-state index in [1.807, 2.05) is 0 Å². The van der Waals surface area contributed by atoms with E-state index in [1.165, 1.54) is 44.9 Å². The quantitative estimate of drug-likeness (QED) is 0.738. The number of hydrogen-bond acceptors (Lipinski definition) is 1. The van der Waals surface area contributed by atoms with Gasteiger partial charge in [-0.3, -0.25) is 0 Å². The van der Waals surface area contributed by atoms with Gasteiger partial charge in [-0.15, -0.1) is 0 Å². The predicted octanol–water partition coefficient (Wildman–Crippen LogP) is 3.33. The second-order valence-electron chi connectivity index (χ2n) is 6.56. The van der Waals surface area contributed by atoms with E-state index in [2.05, 4.69) is 13.8 Å². The van der Waals surface area contributed by atoms with Crippen LogP contribution in [0.15, 0.2) is 0 Å². The maximum atomic E-state index is 6.82. The molecular formula is C14H25N. The van der Waals surface area contributed by atoms with Crippen LogP contribution in [0.3, 0.4) is 0 Å². The maximum absolute atomic E-state index is 6.82. The van der Waals surface area contributed by atoms with Gasteiger partial charge in [0.25, 0.3) is 0 Å². The van der Waals surface area contributed by atoms with Gasteiger partial charge in [0, 0.05) is 5.54 Å². The molecule has 0 amide bonds. The van der Waals surface area contributed by atoms with Crippen LogP contribution < -0.4 is 5.73 Å². The second kappa shape index (κ2) is 3.00. The molecule has 0 aromatic heterocycles. The van der Waals surface area contributed by atoms with Gasteiger partial charge in [-0.1, -0.05) is 13.8 Å². The van der Waals surface area contributed by atoms with Crippen LogP contribution in [0.4, 0.5) is 0 Å². The summed E-state index contributed by atoms with van der Waals surface area (Å²) in [4.78, 5) is 0. The summed E-state index contributed by atoms with van der Waals surface area (Å²) >= 11 is 0. The van der Waals surface area contributed by atoms with Gasteiger partial charge in [0.15, 0.2) is 0 Å². The van der Waals surface area contributed by atoms with Gasteiger partial charge in [-0.05, 0) is 68.1 Å². The van der Waals surface area contributed by atoms with Crippen molar-refractivity contribution in [2.45, 2.75) is 64.3 Å². The summed E-state index contributed by atoms with van der Waals surface area (Å²) < 4.78 is 0. The summed E-state index contributed by atoms with van der Waals surface area (Å²) in [6, 6.07) is 0. The predicted molar refractivity (Wildman–Crippen MR) is 63.5 cm³/mol. The molecule has 1 heteroatoms. The van der Waals surface area contributed by atoms with E-state index in [0.29, 0.717) is 5.41 Å². The fraction of sp³-hybridized carbons (Fsp3) is 1.00. The maximum Gasteiger partial charge on any atom is 0.0219 e. The fourth-order valence-corrected chi connectivity index (χ4v) is 5.81. The molecule has 2 N–H and O–H groups in total. The normalized spacial score (nSPS) is 51.0. The lowest BCUT2D eigenvalue weighted by atomic mass is 9.41. The van der Waals surface area contributed by atoms with Crippen LogP contribution >= 0.6 is 0 Å². The molecule has 86 valence electrons. The Balaban J connectivity index is 2.02. The van der Waals surface area contributed by atoms with Crippen molar-refractivity contribution >= 4 is 0 Å². The van der Waals surface area contributed by atoms with Crippen molar-refractivity contribution < 1.29 is 0 Å². The number of hydrogen-bond donors (Lipinski definition) is 1. The Morgan fingerprint density at radius 1 is 1.00 bits per heavy atom. The second-order valence-corrected chi connectivity index (χ2v) is 6.56. The van der Waals surface area contributed by atoms with Gasteiger partial charge < -0.3 is 5.73 Å². The van der Waals surface area contributed by atoms with E-state index >= 15 is 0 Å². The molecule has 0 radical (unpaired) electrons. The van der Waals surface area contributed by atoms with Crippen molar-refractivity contribution in [2.75, 3.05) is 0 Å².